The molecule has 0 saturated heterocycles. The number of hydrogen-bond acceptors (Lipinski definition) is 7. The van der Waals surface area contributed by atoms with Crippen LogP contribution in [-0.4, -0.2) is 55.0 Å². The molecule has 9 nitrogen and oxygen atoms in total. The molecule has 0 amide bonds. The van der Waals surface area contributed by atoms with Crippen LogP contribution in [0.1, 0.15) is 11.4 Å². The lowest BCUT2D eigenvalue weighted by Crippen LogP contribution is -2.26. The van der Waals surface area contributed by atoms with Crippen LogP contribution < -0.4 is 10.0 Å². The number of nitrogens with zero attached hydrogens (tertiary/aromatic N) is 4. The monoisotopic (exact) mass is 390 g/mol. The molecule has 0 fully saturated rings. The molecular formula is C17H22N6O3S. The van der Waals surface area contributed by atoms with Gasteiger partial charge in [0.15, 0.2) is 11.5 Å². The van der Waals surface area contributed by atoms with E-state index in [4.69, 9.17) is 4.74 Å². The fourth-order valence-electron chi connectivity index (χ4n) is 2.46. The van der Waals surface area contributed by atoms with Crippen molar-refractivity contribution in [3.63, 3.8) is 0 Å². The standard InChI is InChI=1S/C17H22N6O3S/c1-13-3-5-14(6-4-13)27(24,25)19-10-9-17-21-20-16-8-7-15(22-23(16)17)18-11-12-26-2/h3-8,19H,9-12H2,1-2H3,(H,18,22). The van der Waals surface area contributed by atoms with Crippen molar-refractivity contribution in [3.05, 3.63) is 47.8 Å². The average Bonchev–Trinajstić information content (AvgIpc) is 3.05. The van der Waals surface area contributed by atoms with Crippen molar-refractivity contribution in [2.45, 2.75) is 18.2 Å². The van der Waals surface area contributed by atoms with Crippen molar-refractivity contribution in [3.8, 4) is 0 Å². The number of nitrogens with one attached hydrogen (secondary N) is 2. The largest absolute Gasteiger partial charge is 0.383 e. The molecule has 0 spiro atoms. The molecule has 0 radical (unpaired) electrons. The summed E-state index contributed by atoms with van der Waals surface area (Å²) in [5, 5.41) is 15.7. The summed E-state index contributed by atoms with van der Waals surface area (Å²) >= 11 is 0. The summed E-state index contributed by atoms with van der Waals surface area (Å²) in [6, 6.07) is 10.3. The van der Waals surface area contributed by atoms with Gasteiger partial charge in [0.05, 0.1) is 11.5 Å². The van der Waals surface area contributed by atoms with Gasteiger partial charge in [-0.2, -0.15) is 4.52 Å². The highest BCUT2D eigenvalue weighted by Gasteiger charge is 2.14. The summed E-state index contributed by atoms with van der Waals surface area (Å²) in [4.78, 5) is 0.238. The van der Waals surface area contributed by atoms with Crippen LogP contribution in [0.2, 0.25) is 0 Å². The van der Waals surface area contributed by atoms with E-state index in [0.29, 0.717) is 36.9 Å². The van der Waals surface area contributed by atoms with Crippen molar-refractivity contribution in [1.82, 2.24) is 24.5 Å². The zero-order valence-corrected chi connectivity index (χ0v) is 16.0. The Kier molecular flexibility index (Phi) is 5.99. The van der Waals surface area contributed by atoms with E-state index in [9.17, 15) is 8.42 Å². The maximum Gasteiger partial charge on any atom is 0.240 e. The Morgan fingerprint density at radius 1 is 1.07 bits per heavy atom. The van der Waals surface area contributed by atoms with Crippen molar-refractivity contribution < 1.29 is 13.2 Å². The second-order valence-corrected chi connectivity index (χ2v) is 7.75. The Morgan fingerprint density at radius 2 is 1.85 bits per heavy atom. The first-order chi connectivity index (χ1) is 13.0. The Hall–Kier alpha value is -2.56. The number of anilines is 1. The third-order valence-electron chi connectivity index (χ3n) is 3.91. The summed E-state index contributed by atoms with van der Waals surface area (Å²) in [5.74, 6) is 1.24. The van der Waals surface area contributed by atoms with Crippen molar-refractivity contribution in [1.29, 1.82) is 0 Å². The molecule has 144 valence electrons. The first kappa shape index (κ1) is 19.2. The molecule has 0 atom stereocenters. The molecule has 0 bridgehead atoms. The van der Waals surface area contributed by atoms with Crippen molar-refractivity contribution in [2.24, 2.45) is 0 Å². The number of methoxy groups -OCH3 is 1. The summed E-state index contributed by atoms with van der Waals surface area (Å²) < 4.78 is 33.9. The highest BCUT2D eigenvalue weighted by molar-refractivity contribution is 7.89. The number of aromatic nitrogens is 4. The molecule has 2 N–H and O–H groups in total. The van der Waals surface area contributed by atoms with Crippen LogP contribution in [0.15, 0.2) is 41.3 Å². The maximum absolute atomic E-state index is 12.3. The van der Waals surface area contributed by atoms with E-state index >= 15 is 0 Å². The van der Waals surface area contributed by atoms with E-state index in [-0.39, 0.29) is 11.4 Å². The van der Waals surface area contributed by atoms with Crippen LogP contribution >= 0.6 is 0 Å². The minimum absolute atomic E-state index is 0.194. The van der Waals surface area contributed by atoms with Gasteiger partial charge in [0.2, 0.25) is 10.0 Å². The van der Waals surface area contributed by atoms with Gasteiger partial charge in [-0.3, -0.25) is 0 Å². The van der Waals surface area contributed by atoms with Crippen molar-refractivity contribution >= 4 is 21.5 Å². The van der Waals surface area contributed by atoms with Crippen LogP contribution in [0.25, 0.3) is 5.65 Å². The van der Waals surface area contributed by atoms with E-state index in [1.807, 2.05) is 13.0 Å². The smallest absolute Gasteiger partial charge is 0.240 e. The number of sulfonamides is 1. The molecule has 0 aliphatic heterocycles. The fourth-order valence-corrected chi connectivity index (χ4v) is 3.49. The van der Waals surface area contributed by atoms with Crippen LogP contribution in [0.5, 0.6) is 0 Å². The lowest BCUT2D eigenvalue weighted by atomic mass is 10.2. The second kappa shape index (κ2) is 8.42. The molecule has 3 aromatic rings. The average molecular weight is 390 g/mol. The van der Waals surface area contributed by atoms with Gasteiger partial charge in [0.25, 0.3) is 0 Å². The highest BCUT2D eigenvalue weighted by Crippen LogP contribution is 2.10. The Morgan fingerprint density at radius 3 is 2.59 bits per heavy atom. The van der Waals surface area contributed by atoms with Crippen molar-refractivity contribution in [2.75, 3.05) is 32.1 Å². The van der Waals surface area contributed by atoms with Gasteiger partial charge in [0.1, 0.15) is 5.82 Å². The lowest BCUT2D eigenvalue weighted by molar-refractivity contribution is 0.210. The number of benzene rings is 1. The minimum Gasteiger partial charge on any atom is -0.383 e. The molecule has 0 saturated carbocycles. The maximum atomic E-state index is 12.3. The molecule has 10 heteroatoms. The van der Waals surface area contributed by atoms with Crippen LogP contribution in [-0.2, 0) is 21.2 Å². The van der Waals surface area contributed by atoms with E-state index in [1.165, 1.54) is 0 Å². The summed E-state index contributed by atoms with van der Waals surface area (Å²) in [5.41, 5.74) is 1.61. The summed E-state index contributed by atoms with van der Waals surface area (Å²) in [6.45, 7) is 3.30. The Bertz CT molecular complexity index is 1000. The number of rotatable bonds is 9. The van der Waals surface area contributed by atoms with E-state index in [1.54, 1.807) is 42.0 Å². The molecule has 0 aliphatic carbocycles. The first-order valence-corrected chi connectivity index (χ1v) is 9.98. The number of aryl methyl sites for hydroxylation is 1. The van der Waals surface area contributed by atoms with Gasteiger partial charge in [-0.15, -0.1) is 15.3 Å². The molecule has 2 heterocycles. The molecule has 1 aromatic carbocycles. The Labute approximate surface area is 157 Å². The molecule has 0 unspecified atom stereocenters. The zero-order chi connectivity index (χ0) is 19.3. The molecule has 27 heavy (non-hydrogen) atoms. The van der Waals surface area contributed by atoms with E-state index in [2.05, 4.69) is 25.3 Å². The zero-order valence-electron chi connectivity index (χ0n) is 15.2. The molecule has 2 aromatic heterocycles. The van der Waals surface area contributed by atoms with E-state index < -0.39 is 10.0 Å². The lowest BCUT2D eigenvalue weighted by Gasteiger charge is -2.07. The van der Waals surface area contributed by atoms with Crippen LogP contribution in [0.3, 0.4) is 0 Å². The van der Waals surface area contributed by atoms with Crippen LogP contribution in [0.4, 0.5) is 5.82 Å². The SMILES string of the molecule is COCCNc1ccc2nnc(CCNS(=O)(=O)c3ccc(C)cc3)n2n1. The topological polar surface area (TPSA) is 111 Å². The number of ether oxygens (including phenoxy) is 1. The predicted octanol–water partition coefficient (Wildman–Crippen LogP) is 1.01. The molecular weight excluding hydrogens is 368 g/mol. The number of fused-ring (bicyclic) bond motifs is 1. The quantitative estimate of drug-likeness (QED) is 0.525. The van der Waals surface area contributed by atoms with Gasteiger partial charge in [0, 0.05) is 26.6 Å². The van der Waals surface area contributed by atoms with Gasteiger partial charge in [-0.1, -0.05) is 17.7 Å². The number of hydrogen-bond donors (Lipinski definition) is 2. The Balaban J connectivity index is 1.66. The second-order valence-electron chi connectivity index (χ2n) is 5.99. The predicted molar refractivity (Wildman–Crippen MR) is 101 cm³/mol. The van der Waals surface area contributed by atoms with Gasteiger partial charge >= 0.3 is 0 Å². The normalized spacial score (nSPS) is 11.8. The van der Waals surface area contributed by atoms with Crippen LogP contribution in [0, 0.1) is 6.92 Å². The van der Waals surface area contributed by atoms with Gasteiger partial charge < -0.3 is 10.1 Å². The third kappa shape index (κ3) is 4.79. The first-order valence-electron chi connectivity index (χ1n) is 8.50. The van der Waals surface area contributed by atoms with Gasteiger partial charge in [-0.25, -0.2) is 13.1 Å². The fraction of sp³-hybridized carbons (Fsp3) is 0.353. The molecule has 0 aliphatic rings. The van der Waals surface area contributed by atoms with Gasteiger partial charge in [-0.05, 0) is 31.2 Å². The summed E-state index contributed by atoms with van der Waals surface area (Å²) in [7, 11) is -1.93. The highest BCUT2D eigenvalue weighted by atomic mass is 32.2. The van der Waals surface area contributed by atoms with E-state index in [0.717, 1.165) is 5.56 Å². The third-order valence-corrected chi connectivity index (χ3v) is 5.39. The summed E-state index contributed by atoms with van der Waals surface area (Å²) in [6.07, 6.45) is 0.362. The minimum atomic E-state index is -3.56. The molecule has 3 rings (SSSR count).